The monoisotopic (exact) mass is 375 g/mol. The first-order valence-electron chi connectivity index (χ1n) is 8.66. The van der Waals surface area contributed by atoms with Gasteiger partial charge in [0, 0.05) is 12.6 Å². The van der Waals surface area contributed by atoms with Crippen LogP contribution in [-0.2, 0) is 22.8 Å². The van der Waals surface area contributed by atoms with Crippen molar-refractivity contribution in [3.8, 4) is 0 Å². The molecule has 1 saturated heterocycles. The summed E-state index contributed by atoms with van der Waals surface area (Å²) in [6.45, 7) is 10.6. The number of fused-ring (bicyclic) bond motifs is 1. The third-order valence-corrected chi connectivity index (χ3v) is 5.98. The van der Waals surface area contributed by atoms with Crippen LogP contribution >= 0.6 is 0 Å². The molecule has 0 bridgehead atoms. The van der Waals surface area contributed by atoms with Crippen LogP contribution in [0.4, 0.5) is 0 Å². The van der Waals surface area contributed by atoms with Gasteiger partial charge in [0.15, 0.2) is 0 Å². The predicted octanol–water partition coefficient (Wildman–Crippen LogP) is 2.63. The van der Waals surface area contributed by atoms with Crippen LogP contribution in [-0.4, -0.2) is 37.4 Å². The highest BCUT2D eigenvalue weighted by Crippen LogP contribution is 2.25. The molecule has 140 valence electrons. The van der Waals surface area contributed by atoms with Crippen LogP contribution in [0.3, 0.4) is 0 Å². The number of ether oxygens (including phenoxy) is 1. The van der Waals surface area contributed by atoms with Crippen molar-refractivity contribution >= 4 is 27.6 Å². The van der Waals surface area contributed by atoms with Crippen molar-refractivity contribution in [3.05, 3.63) is 39.4 Å². The highest BCUT2D eigenvalue weighted by Gasteiger charge is 2.26. The number of benzene rings is 1. The lowest BCUT2D eigenvalue weighted by molar-refractivity contribution is 0.00340. The minimum absolute atomic E-state index is 0.0772. The second kappa shape index (κ2) is 6.70. The largest absolute Gasteiger partial charge is 0.380 e. The standard InChI is InChI=1S/C19H25N3O3S/c1-11-7-14(12(2)21-26(24)19(3,4)5)16-15(8-11)18(23)22(6)17(20-16)13-9-25-10-13/h7-8,13H,9-10H2,1-6H3/b21-12-/t26-/m1/s1. The molecule has 1 fully saturated rings. The maximum atomic E-state index is 12.9. The second-order valence-electron chi connectivity index (χ2n) is 7.82. The van der Waals surface area contributed by atoms with E-state index in [1.165, 1.54) is 0 Å². The van der Waals surface area contributed by atoms with Gasteiger partial charge in [0.2, 0.25) is 0 Å². The normalized spacial score (nSPS) is 17.4. The molecule has 1 aromatic heterocycles. The summed E-state index contributed by atoms with van der Waals surface area (Å²) < 4.78 is 23.3. The molecule has 0 spiro atoms. The fourth-order valence-corrected chi connectivity index (χ4v) is 3.49. The molecular weight excluding hydrogens is 350 g/mol. The number of nitrogens with zero attached hydrogens (tertiary/aromatic N) is 3. The van der Waals surface area contributed by atoms with Gasteiger partial charge in [-0.15, -0.1) is 0 Å². The Morgan fingerprint density at radius 1 is 1.35 bits per heavy atom. The topological polar surface area (TPSA) is 73.5 Å². The Morgan fingerprint density at radius 2 is 2.00 bits per heavy atom. The molecule has 1 aromatic carbocycles. The molecule has 0 saturated carbocycles. The molecule has 2 heterocycles. The van der Waals surface area contributed by atoms with Gasteiger partial charge in [0.05, 0.1) is 40.5 Å². The summed E-state index contributed by atoms with van der Waals surface area (Å²) in [5.41, 5.74) is 2.88. The Hall–Kier alpha value is -1.86. The minimum atomic E-state index is -1.37. The van der Waals surface area contributed by atoms with E-state index in [-0.39, 0.29) is 11.5 Å². The predicted molar refractivity (Wildman–Crippen MR) is 105 cm³/mol. The summed E-state index contributed by atoms with van der Waals surface area (Å²) in [6, 6.07) is 3.80. The van der Waals surface area contributed by atoms with Gasteiger partial charge in [0.1, 0.15) is 16.8 Å². The molecule has 1 aliphatic rings. The fraction of sp³-hybridized carbons (Fsp3) is 0.526. The molecule has 0 N–H and O–H groups in total. The SMILES string of the molecule is C/C(=N/[S@](=O)C(C)(C)C)c1cc(C)cc2c(=O)n(C)c(C3COC3)nc12. The maximum absolute atomic E-state index is 12.9. The van der Waals surface area contributed by atoms with Crippen molar-refractivity contribution in [1.29, 1.82) is 0 Å². The lowest BCUT2D eigenvalue weighted by Crippen LogP contribution is -2.33. The molecule has 0 aliphatic carbocycles. The van der Waals surface area contributed by atoms with Crippen molar-refractivity contribution in [2.24, 2.45) is 11.4 Å². The van der Waals surface area contributed by atoms with Crippen LogP contribution in [0.5, 0.6) is 0 Å². The first kappa shape index (κ1) is 18.9. The Balaban J connectivity index is 2.25. The highest BCUT2D eigenvalue weighted by molar-refractivity contribution is 7.85. The number of hydrogen-bond donors (Lipinski definition) is 0. The van der Waals surface area contributed by atoms with Crippen LogP contribution < -0.4 is 5.56 Å². The highest BCUT2D eigenvalue weighted by atomic mass is 32.2. The third kappa shape index (κ3) is 3.38. The van der Waals surface area contributed by atoms with E-state index in [0.717, 1.165) is 17.0 Å². The van der Waals surface area contributed by atoms with Crippen molar-refractivity contribution in [2.45, 2.75) is 45.3 Å². The van der Waals surface area contributed by atoms with Gasteiger partial charge >= 0.3 is 0 Å². The van der Waals surface area contributed by atoms with Crippen molar-refractivity contribution in [1.82, 2.24) is 9.55 Å². The van der Waals surface area contributed by atoms with E-state index in [4.69, 9.17) is 9.72 Å². The van der Waals surface area contributed by atoms with Crippen molar-refractivity contribution in [2.75, 3.05) is 13.2 Å². The fourth-order valence-electron chi connectivity index (χ4n) is 2.87. The molecule has 6 nitrogen and oxygen atoms in total. The molecule has 0 unspecified atom stereocenters. The van der Waals surface area contributed by atoms with Crippen LogP contribution in [0.25, 0.3) is 10.9 Å². The number of aromatic nitrogens is 2. The number of aryl methyl sites for hydroxylation is 1. The van der Waals surface area contributed by atoms with E-state index < -0.39 is 15.7 Å². The van der Waals surface area contributed by atoms with E-state index in [0.29, 0.717) is 29.8 Å². The zero-order valence-electron chi connectivity index (χ0n) is 16.1. The molecular formula is C19H25N3O3S. The van der Waals surface area contributed by atoms with Gasteiger partial charge in [-0.05, 0) is 52.3 Å². The average Bonchev–Trinajstić information content (AvgIpc) is 2.49. The first-order chi connectivity index (χ1) is 12.1. The summed E-state index contributed by atoms with van der Waals surface area (Å²) in [6.07, 6.45) is 0. The van der Waals surface area contributed by atoms with E-state index in [2.05, 4.69) is 4.40 Å². The Bertz CT molecular complexity index is 982. The molecule has 1 aliphatic heterocycles. The number of rotatable bonds is 3. The van der Waals surface area contributed by atoms with E-state index in [1.807, 2.05) is 46.8 Å². The van der Waals surface area contributed by atoms with Gasteiger partial charge in [0.25, 0.3) is 5.56 Å². The van der Waals surface area contributed by atoms with Crippen LogP contribution in [0, 0.1) is 6.92 Å². The lowest BCUT2D eigenvalue weighted by atomic mass is 10.0. The van der Waals surface area contributed by atoms with Gasteiger partial charge in [-0.1, -0.05) is 0 Å². The Morgan fingerprint density at radius 3 is 2.54 bits per heavy atom. The number of hydrogen-bond acceptors (Lipinski definition) is 4. The summed E-state index contributed by atoms with van der Waals surface area (Å²) in [7, 11) is 0.375. The lowest BCUT2D eigenvalue weighted by Gasteiger charge is -2.27. The molecule has 3 rings (SSSR count). The summed E-state index contributed by atoms with van der Waals surface area (Å²) in [5, 5.41) is 0.558. The molecule has 26 heavy (non-hydrogen) atoms. The molecule has 2 aromatic rings. The Kier molecular flexibility index (Phi) is 4.88. The minimum Gasteiger partial charge on any atom is -0.380 e. The zero-order valence-corrected chi connectivity index (χ0v) is 16.9. The van der Waals surface area contributed by atoms with E-state index in [1.54, 1.807) is 11.6 Å². The quantitative estimate of drug-likeness (QED) is 0.773. The van der Waals surface area contributed by atoms with Gasteiger partial charge in [-0.2, -0.15) is 4.40 Å². The van der Waals surface area contributed by atoms with Crippen LogP contribution in [0.1, 0.15) is 50.6 Å². The molecule has 0 amide bonds. The van der Waals surface area contributed by atoms with Crippen LogP contribution in [0.2, 0.25) is 0 Å². The van der Waals surface area contributed by atoms with Gasteiger partial charge < -0.3 is 4.74 Å². The first-order valence-corrected chi connectivity index (χ1v) is 9.77. The smallest absolute Gasteiger partial charge is 0.261 e. The van der Waals surface area contributed by atoms with Crippen molar-refractivity contribution < 1.29 is 8.95 Å². The average molecular weight is 375 g/mol. The maximum Gasteiger partial charge on any atom is 0.261 e. The second-order valence-corrected chi connectivity index (χ2v) is 9.72. The zero-order chi connectivity index (χ0) is 19.2. The Labute approximate surface area is 155 Å². The van der Waals surface area contributed by atoms with E-state index in [9.17, 15) is 9.00 Å². The van der Waals surface area contributed by atoms with Crippen molar-refractivity contribution in [3.63, 3.8) is 0 Å². The molecule has 0 radical (unpaired) electrons. The third-order valence-electron chi connectivity index (χ3n) is 4.50. The molecule has 7 heteroatoms. The summed E-state index contributed by atoms with van der Waals surface area (Å²) in [4.78, 5) is 17.7. The molecule has 1 atom stereocenters. The van der Waals surface area contributed by atoms with Gasteiger partial charge in [-0.3, -0.25) is 9.36 Å². The summed E-state index contributed by atoms with van der Waals surface area (Å²) in [5.74, 6) is 0.857. The summed E-state index contributed by atoms with van der Waals surface area (Å²) >= 11 is 0. The van der Waals surface area contributed by atoms with Gasteiger partial charge in [-0.25, -0.2) is 9.19 Å². The van der Waals surface area contributed by atoms with Crippen LogP contribution in [0.15, 0.2) is 21.3 Å². The van der Waals surface area contributed by atoms with E-state index >= 15 is 0 Å².